The first-order valence-corrected chi connectivity index (χ1v) is 17.0. The van der Waals surface area contributed by atoms with Crippen molar-refractivity contribution >= 4 is 17.6 Å². The van der Waals surface area contributed by atoms with Gasteiger partial charge in [-0.05, 0) is 38.0 Å². The van der Waals surface area contributed by atoms with Gasteiger partial charge in [0.25, 0.3) is 0 Å². The summed E-state index contributed by atoms with van der Waals surface area (Å²) < 4.78 is 51.1. The van der Waals surface area contributed by atoms with E-state index >= 15 is 0 Å². The van der Waals surface area contributed by atoms with Crippen LogP contribution in [0, 0.1) is 0 Å². The molecule has 0 unspecified atom stereocenters. The SMILES string of the molecule is CCCCCCCCCCCCCCCCNS(=O)(=O)c1ccc(CP(=O)(OCC)OCC)cc1. The minimum absolute atomic E-state index is 0.126. The van der Waals surface area contributed by atoms with E-state index in [2.05, 4.69) is 11.6 Å². The maximum atomic E-state index is 12.7. The molecule has 1 aromatic carbocycles. The summed E-state index contributed by atoms with van der Waals surface area (Å²) in [5.41, 5.74) is 0.723. The molecular weight excluding hydrogens is 481 g/mol. The predicted molar refractivity (Wildman–Crippen MR) is 147 cm³/mol. The topological polar surface area (TPSA) is 81.7 Å². The van der Waals surface area contributed by atoms with Crippen LogP contribution in [-0.4, -0.2) is 28.2 Å². The fourth-order valence-corrected chi connectivity index (χ4v) is 6.91. The third-order valence-corrected chi connectivity index (χ3v) is 9.62. The molecule has 0 bridgehead atoms. The number of unbranched alkanes of at least 4 members (excludes halogenated alkanes) is 13. The Morgan fingerprint density at radius 2 is 1.11 bits per heavy atom. The van der Waals surface area contributed by atoms with Crippen molar-refractivity contribution in [3.05, 3.63) is 29.8 Å². The van der Waals surface area contributed by atoms with Crippen LogP contribution in [0.5, 0.6) is 0 Å². The summed E-state index contributed by atoms with van der Waals surface area (Å²) in [6, 6.07) is 6.44. The molecule has 0 amide bonds. The minimum Gasteiger partial charge on any atom is -0.309 e. The number of rotatable bonds is 23. The quantitative estimate of drug-likeness (QED) is 0.114. The van der Waals surface area contributed by atoms with Gasteiger partial charge < -0.3 is 9.05 Å². The molecule has 0 heterocycles. The first-order chi connectivity index (χ1) is 16.9. The molecule has 0 spiro atoms. The van der Waals surface area contributed by atoms with E-state index in [4.69, 9.17) is 9.05 Å². The van der Waals surface area contributed by atoms with E-state index in [1.165, 1.54) is 70.6 Å². The Bertz CT molecular complexity index is 788. The fraction of sp³-hybridized carbons (Fsp3) is 0.778. The Morgan fingerprint density at radius 3 is 1.54 bits per heavy atom. The average Bonchev–Trinajstić information content (AvgIpc) is 2.82. The summed E-state index contributed by atoms with van der Waals surface area (Å²) >= 11 is 0. The van der Waals surface area contributed by atoms with Gasteiger partial charge in [0, 0.05) is 6.54 Å². The summed E-state index contributed by atoms with van der Waals surface area (Å²) in [4.78, 5) is 0.217. The molecule has 35 heavy (non-hydrogen) atoms. The van der Waals surface area contributed by atoms with E-state index in [1.807, 2.05) is 0 Å². The van der Waals surface area contributed by atoms with Gasteiger partial charge in [0.15, 0.2) is 0 Å². The number of benzene rings is 1. The van der Waals surface area contributed by atoms with Gasteiger partial charge in [-0.25, -0.2) is 13.1 Å². The van der Waals surface area contributed by atoms with Crippen LogP contribution >= 0.6 is 7.60 Å². The summed E-state index contributed by atoms with van der Waals surface area (Å²) in [7, 11) is -6.75. The molecule has 1 rings (SSSR count). The molecule has 6 nitrogen and oxygen atoms in total. The lowest BCUT2D eigenvalue weighted by molar-refractivity contribution is 0.219. The van der Waals surface area contributed by atoms with Gasteiger partial charge in [-0.1, -0.05) is 103 Å². The predicted octanol–water partition coefficient (Wildman–Crippen LogP) is 8.21. The van der Waals surface area contributed by atoms with E-state index in [0.717, 1.165) is 24.8 Å². The molecule has 0 radical (unpaired) electrons. The van der Waals surface area contributed by atoms with Crippen LogP contribution in [0.15, 0.2) is 29.2 Å². The van der Waals surface area contributed by atoms with E-state index in [-0.39, 0.29) is 11.1 Å². The first-order valence-electron chi connectivity index (χ1n) is 13.8. The highest BCUT2D eigenvalue weighted by Crippen LogP contribution is 2.51. The normalized spacial score (nSPS) is 12.3. The third kappa shape index (κ3) is 15.2. The molecule has 1 aromatic rings. The van der Waals surface area contributed by atoms with Crippen molar-refractivity contribution in [3.63, 3.8) is 0 Å². The lowest BCUT2D eigenvalue weighted by Gasteiger charge is -2.17. The molecule has 8 heteroatoms. The van der Waals surface area contributed by atoms with E-state index in [0.29, 0.717) is 19.8 Å². The smallest absolute Gasteiger partial charge is 0.309 e. The zero-order valence-corrected chi connectivity index (χ0v) is 24.1. The number of hydrogen-bond acceptors (Lipinski definition) is 5. The Balaban J connectivity index is 2.18. The standard InChI is InChI=1S/C27H50NO5PS/c1-4-7-8-9-10-11-12-13-14-15-16-17-18-19-24-28-35(30,31)27-22-20-26(21-23-27)25-34(29,32-5-2)33-6-3/h20-23,28H,4-19,24-25H2,1-3H3. The Labute approximate surface area is 215 Å². The largest absolute Gasteiger partial charge is 0.335 e. The van der Waals surface area contributed by atoms with Gasteiger partial charge in [-0.15, -0.1) is 0 Å². The van der Waals surface area contributed by atoms with Crippen LogP contribution in [0.3, 0.4) is 0 Å². The molecule has 0 aliphatic heterocycles. The van der Waals surface area contributed by atoms with Crippen molar-refractivity contribution in [1.82, 2.24) is 4.72 Å². The van der Waals surface area contributed by atoms with Crippen LogP contribution < -0.4 is 4.72 Å². The first kappa shape index (κ1) is 32.3. The maximum Gasteiger partial charge on any atom is 0.335 e. The molecule has 0 saturated heterocycles. The second-order valence-corrected chi connectivity index (χ2v) is 13.1. The zero-order chi connectivity index (χ0) is 25.8. The van der Waals surface area contributed by atoms with Crippen molar-refractivity contribution in [2.45, 2.75) is 122 Å². The molecule has 0 aromatic heterocycles. The summed E-state index contributed by atoms with van der Waals surface area (Å²) in [5.74, 6) is 0. The monoisotopic (exact) mass is 531 g/mol. The molecule has 0 atom stereocenters. The number of nitrogens with one attached hydrogen (secondary N) is 1. The Morgan fingerprint density at radius 1 is 0.686 bits per heavy atom. The fourth-order valence-electron chi connectivity index (χ4n) is 4.13. The van der Waals surface area contributed by atoms with E-state index in [9.17, 15) is 13.0 Å². The summed E-state index contributed by atoms with van der Waals surface area (Å²) in [6.07, 6.45) is 18.0. The van der Waals surface area contributed by atoms with E-state index in [1.54, 1.807) is 38.1 Å². The average molecular weight is 532 g/mol. The van der Waals surface area contributed by atoms with Gasteiger partial charge in [0.05, 0.1) is 24.3 Å². The summed E-state index contributed by atoms with van der Waals surface area (Å²) in [5, 5.41) is 0. The molecule has 0 fully saturated rings. The highest BCUT2D eigenvalue weighted by Gasteiger charge is 2.24. The maximum absolute atomic E-state index is 12.7. The lowest BCUT2D eigenvalue weighted by Crippen LogP contribution is -2.24. The molecule has 1 N–H and O–H groups in total. The van der Waals surface area contributed by atoms with Crippen molar-refractivity contribution in [1.29, 1.82) is 0 Å². The number of hydrogen-bond donors (Lipinski definition) is 1. The third-order valence-electron chi connectivity index (χ3n) is 6.08. The van der Waals surface area contributed by atoms with Gasteiger partial charge in [0.1, 0.15) is 0 Å². The van der Waals surface area contributed by atoms with Gasteiger partial charge in [0.2, 0.25) is 10.0 Å². The molecule has 204 valence electrons. The number of sulfonamides is 1. The van der Waals surface area contributed by atoms with Crippen LogP contribution in [-0.2, 0) is 29.8 Å². The molecule has 0 aliphatic carbocycles. The Hall–Kier alpha value is -0.720. The van der Waals surface area contributed by atoms with Crippen molar-refractivity contribution in [2.24, 2.45) is 0 Å². The molecule has 0 saturated carbocycles. The van der Waals surface area contributed by atoms with Gasteiger partial charge >= 0.3 is 7.60 Å². The minimum atomic E-state index is -3.54. The van der Waals surface area contributed by atoms with Crippen molar-refractivity contribution in [2.75, 3.05) is 19.8 Å². The van der Waals surface area contributed by atoms with Crippen molar-refractivity contribution in [3.8, 4) is 0 Å². The lowest BCUT2D eigenvalue weighted by atomic mass is 10.0. The van der Waals surface area contributed by atoms with Crippen molar-refractivity contribution < 1.29 is 22.0 Å². The van der Waals surface area contributed by atoms with Crippen LogP contribution in [0.25, 0.3) is 0 Å². The summed E-state index contributed by atoms with van der Waals surface area (Å²) in [6.45, 7) is 6.84. The highest BCUT2D eigenvalue weighted by atomic mass is 32.2. The molecular formula is C27H50NO5PS. The van der Waals surface area contributed by atoms with Crippen LogP contribution in [0.4, 0.5) is 0 Å². The van der Waals surface area contributed by atoms with E-state index < -0.39 is 17.6 Å². The molecule has 0 aliphatic rings. The van der Waals surface area contributed by atoms with Crippen LogP contribution in [0.1, 0.15) is 116 Å². The van der Waals surface area contributed by atoms with Crippen LogP contribution in [0.2, 0.25) is 0 Å². The highest BCUT2D eigenvalue weighted by molar-refractivity contribution is 7.89. The Kier molecular flexibility index (Phi) is 17.9. The van der Waals surface area contributed by atoms with Gasteiger partial charge in [-0.2, -0.15) is 0 Å². The second-order valence-electron chi connectivity index (χ2n) is 9.24. The van der Waals surface area contributed by atoms with Gasteiger partial charge in [-0.3, -0.25) is 4.57 Å². The zero-order valence-electron chi connectivity index (χ0n) is 22.4. The second kappa shape index (κ2) is 19.4.